The van der Waals surface area contributed by atoms with Gasteiger partial charge in [-0.15, -0.1) is 0 Å². The van der Waals surface area contributed by atoms with E-state index < -0.39 is 15.8 Å². The third-order valence-electron chi connectivity index (χ3n) is 3.32. The lowest BCUT2D eigenvalue weighted by atomic mass is 10.1. The van der Waals surface area contributed by atoms with Crippen LogP contribution in [0, 0.1) is 0 Å². The average Bonchev–Trinajstić information content (AvgIpc) is 2.53. The van der Waals surface area contributed by atoms with Crippen molar-refractivity contribution in [2.24, 2.45) is 0 Å². The van der Waals surface area contributed by atoms with E-state index in [9.17, 15) is 18.3 Å². The summed E-state index contributed by atoms with van der Waals surface area (Å²) in [5.74, 6) is -1.23. The van der Waals surface area contributed by atoms with Crippen molar-refractivity contribution in [3.63, 3.8) is 0 Å². The van der Waals surface area contributed by atoms with Gasteiger partial charge in [0.25, 0.3) is 0 Å². The molecule has 0 saturated heterocycles. The van der Waals surface area contributed by atoms with Crippen LogP contribution in [0.4, 0.5) is 0 Å². The first-order valence-electron chi connectivity index (χ1n) is 6.70. The number of hydrogen-bond donors (Lipinski definition) is 1. The third kappa shape index (κ3) is 3.43. The third-order valence-corrected chi connectivity index (χ3v) is 5.32. The van der Waals surface area contributed by atoms with Gasteiger partial charge in [-0.05, 0) is 24.6 Å². The maximum atomic E-state index is 12.8. The number of hydrogen-bond acceptors (Lipinski definition) is 3. The fourth-order valence-corrected chi connectivity index (χ4v) is 3.72. The molecule has 0 spiro atoms. The Morgan fingerprint density at radius 3 is 1.95 bits per heavy atom. The van der Waals surface area contributed by atoms with E-state index in [2.05, 4.69) is 0 Å². The molecule has 0 aliphatic rings. The second-order valence-electron chi connectivity index (χ2n) is 4.83. The van der Waals surface area contributed by atoms with Gasteiger partial charge in [0.1, 0.15) is 0 Å². The maximum absolute atomic E-state index is 12.8. The Morgan fingerprint density at radius 2 is 1.45 bits per heavy atom. The van der Waals surface area contributed by atoms with Crippen LogP contribution in [0.5, 0.6) is 0 Å². The predicted octanol–water partition coefficient (Wildman–Crippen LogP) is 3.06. The number of sulfone groups is 1. The molecule has 1 N–H and O–H groups in total. The van der Waals surface area contributed by atoms with Crippen molar-refractivity contribution in [2.75, 3.05) is 0 Å². The number of rotatable bonds is 5. The summed E-state index contributed by atoms with van der Waals surface area (Å²) in [6, 6.07) is 16.8. The van der Waals surface area contributed by atoms with E-state index in [4.69, 9.17) is 0 Å². The van der Waals surface area contributed by atoms with Gasteiger partial charge in [-0.25, -0.2) is 13.2 Å². The summed E-state index contributed by atoms with van der Waals surface area (Å²) in [7, 11) is -3.84. The molecule has 5 heteroatoms. The zero-order valence-corrected chi connectivity index (χ0v) is 12.9. The van der Waals surface area contributed by atoms with Gasteiger partial charge in [-0.3, -0.25) is 0 Å². The number of carboxylic acids is 1. The monoisotopic (exact) mass is 316 g/mol. The highest BCUT2D eigenvalue weighted by Crippen LogP contribution is 2.25. The summed E-state index contributed by atoms with van der Waals surface area (Å²) in [6.45, 7) is 1.32. The summed E-state index contributed by atoms with van der Waals surface area (Å²) in [5, 5.41) is 9.22. The molecular weight excluding hydrogens is 300 g/mol. The van der Waals surface area contributed by atoms with Gasteiger partial charge >= 0.3 is 5.97 Å². The van der Waals surface area contributed by atoms with Crippen LogP contribution in [-0.2, 0) is 21.1 Å². The van der Waals surface area contributed by atoms with Crippen molar-refractivity contribution >= 4 is 15.8 Å². The minimum atomic E-state index is -3.84. The molecule has 22 heavy (non-hydrogen) atoms. The Balaban J connectivity index is 2.56. The van der Waals surface area contributed by atoms with E-state index in [0.717, 1.165) is 5.56 Å². The SMILES string of the molecule is CC(C(=O)O)=C(Cc1ccccc1)S(=O)(=O)c1ccccc1. The molecule has 2 rings (SSSR count). The topological polar surface area (TPSA) is 71.4 Å². The zero-order valence-electron chi connectivity index (χ0n) is 12.1. The zero-order chi connectivity index (χ0) is 16.2. The molecular formula is C17H16O4S. The molecule has 0 fully saturated rings. The highest BCUT2D eigenvalue weighted by Gasteiger charge is 2.25. The molecule has 0 aliphatic heterocycles. The number of carboxylic acid groups (broad SMARTS) is 1. The molecule has 0 unspecified atom stereocenters. The highest BCUT2D eigenvalue weighted by molar-refractivity contribution is 7.95. The molecule has 2 aromatic rings. The minimum Gasteiger partial charge on any atom is -0.478 e. The first-order chi connectivity index (χ1) is 10.4. The van der Waals surface area contributed by atoms with Crippen molar-refractivity contribution in [3.05, 3.63) is 76.7 Å². The summed E-state index contributed by atoms with van der Waals surface area (Å²) in [4.78, 5) is 11.3. The molecule has 0 aliphatic carbocycles. The van der Waals surface area contributed by atoms with E-state index >= 15 is 0 Å². The van der Waals surface area contributed by atoms with Crippen LogP contribution in [0.2, 0.25) is 0 Å². The minimum absolute atomic E-state index is 0.0518. The van der Waals surface area contributed by atoms with Crippen LogP contribution in [0.1, 0.15) is 12.5 Å². The van der Waals surface area contributed by atoms with Gasteiger partial charge < -0.3 is 5.11 Å². The summed E-state index contributed by atoms with van der Waals surface area (Å²) in [5.41, 5.74) is 0.588. The molecule has 0 atom stereocenters. The van der Waals surface area contributed by atoms with E-state index in [1.165, 1.54) is 19.1 Å². The summed E-state index contributed by atoms with van der Waals surface area (Å²) in [6.07, 6.45) is 0.0518. The number of benzene rings is 2. The average molecular weight is 316 g/mol. The van der Waals surface area contributed by atoms with Crippen molar-refractivity contribution in [3.8, 4) is 0 Å². The standard InChI is InChI=1S/C17H16O4S/c1-13(17(18)19)16(12-14-8-4-2-5-9-14)22(20,21)15-10-6-3-7-11-15/h2-11H,12H2,1H3,(H,18,19). The molecule has 0 amide bonds. The van der Waals surface area contributed by atoms with E-state index in [1.807, 2.05) is 6.07 Å². The second kappa shape index (κ2) is 6.58. The van der Waals surface area contributed by atoms with Gasteiger partial charge in [-0.2, -0.15) is 0 Å². The Hall–Kier alpha value is -2.40. The number of allylic oxidation sites excluding steroid dienone is 1. The molecule has 114 valence electrons. The Kier molecular flexibility index (Phi) is 4.78. The molecule has 4 nitrogen and oxygen atoms in total. The quantitative estimate of drug-likeness (QED) is 0.861. The summed E-state index contributed by atoms with van der Waals surface area (Å²) >= 11 is 0. The van der Waals surface area contributed by atoms with Gasteiger partial charge in [0.2, 0.25) is 9.84 Å². The van der Waals surface area contributed by atoms with Crippen LogP contribution in [0.25, 0.3) is 0 Å². The van der Waals surface area contributed by atoms with Crippen molar-refractivity contribution in [1.82, 2.24) is 0 Å². The van der Waals surface area contributed by atoms with Gasteiger partial charge in [0.15, 0.2) is 0 Å². The van der Waals surface area contributed by atoms with Crippen LogP contribution in [0.15, 0.2) is 76.0 Å². The predicted molar refractivity (Wildman–Crippen MR) is 84.1 cm³/mol. The van der Waals surface area contributed by atoms with Crippen LogP contribution in [-0.4, -0.2) is 19.5 Å². The van der Waals surface area contributed by atoms with Crippen LogP contribution >= 0.6 is 0 Å². The fourth-order valence-electron chi connectivity index (χ4n) is 2.07. The first-order valence-corrected chi connectivity index (χ1v) is 8.18. The molecule has 2 aromatic carbocycles. The van der Waals surface area contributed by atoms with Crippen molar-refractivity contribution in [1.29, 1.82) is 0 Å². The number of carbonyl (C=O) groups is 1. The molecule has 0 heterocycles. The van der Waals surface area contributed by atoms with E-state index in [0.29, 0.717) is 0 Å². The van der Waals surface area contributed by atoms with Crippen LogP contribution < -0.4 is 0 Å². The van der Waals surface area contributed by atoms with Crippen molar-refractivity contribution in [2.45, 2.75) is 18.2 Å². The van der Waals surface area contributed by atoms with Crippen LogP contribution in [0.3, 0.4) is 0 Å². The van der Waals surface area contributed by atoms with Gasteiger partial charge in [0.05, 0.1) is 9.80 Å². The lowest BCUT2D eigenvalue weighted by Gasteiger charge is -2.12. The summed E-state index contributed by atoms with van der Waals surface area (Å²) < 4.78 is 25.5. The Labute approximate surface area is 129 Å². The largest absolute Gasteiger partial charge is 0.478 e. The number of aliphatic carboxylic acids is 1. The molecule has 0 aromatic heterocycles. The van der Waals surface area contributed by atoms with Gasteiger partial charge in [0, 0.05) is 12.0 Å². The lowest BCUT2D eigenvalue weighted by Crippen LogP contribution is -2.13. The maximum Gasteiger partial charge on any atom is 0.332 e. The smallest absolute Gasteiger partial charge is 0.332 e. The highest BCUT2D eigenvalue weighted by atomic mass is 32.2. The van der Waals surface area contributed by atoms with E-state index in [1.54, 1.807) is 42.5 Å². The van der Waals surface area contributed by atoms with Gasteiger partial charge in [-0.1, -0.05) is 48.5 Å². The molecule has 0 saturated carbocycles. The Morgan fingerprint density at radius 1 is 0.955 bits per heavy atom. The molecule has 0 bridgehead atoms. The Bertz CT molecular complexity index is 791. The second-order valence-corrected chi connectivity index (χ2v) is 6.80. The lowest BCUT2D eigenvalue weighted by molar-refractivity contribution is -0.132. The molecule has 0 radical (unpaired) electrons. The first kappa shape index (κ1) is 16.0. The normalized spacial score (nSPS) is 12.6. The van der Waals surface area contributed by atoms with Crippen molar-refractivity contribution < 1.29 is 18.3 Å². The van der Waals surface area contributed by atoms with E-state index in [-0.39, 0.29) is 21.8 Å². The fraction of sp³-hybridized carbons (Fsp3) is 0.118.